The van der Waals surface area contributed by atoms with E-state index in [2.05, 4.69) is 61.7 Å². The van der Waals surface area contributed by atoms with E-state index in [1.54, 1.807) is 0 Å². The summed E-state index contributed by atoms with van der Waals surface area (Å²) in [7, 11) is -1.09. The summed E-state index contributed by atoms with van der Waals surface area (Å²) in [6, 6.07) is 3.19. The lowest BCUT2D eigenvalue weighted by Crippen LogP contribution is -2.37. The fourth-order valence-corrected chi connectivity index (χ4v) is 4.35. The van der Waals surface area contributed by atoms with Gasteiger partial charge in [-0.15, -0.1) is 0 Å². The topological polar surface area (TPSA) is 52.4 Å². The summed E-state index contributed by atoms with van der Waals surface area (Å²) < 4.78 is 14.7. The molecule has 1 fully saturated rings. The minimum Gasteiger partial charge on any atom is -0.378 e. The quantitative estimate of drug-likeness (QED) is 0.264. The van der Waals surface area contributed by atoms with Crippen LogP contribution in [0.5, 0.6) is 0 Å². The van der Waals surface area contributed by atoms with Crippen molar-refractivity contribution in [3.63, 3.8) is 0 Å². The zero-order valence-corrected chi connectivity index (χ0v) is 18.8. The molecule has 0 spiro atoms. The molecule has 6 nitrogen and oxygen atoms in total. The van der Waals surface area contributed by atoms with Crippen molar-refractivity contribution in [3.8, 4) is 0 Å². The van der Waals surface area contributed by atoms with Gasteiger partial charge in [-0.2, -0.15) is 4.98 Å². The van der Waals surface area contributed by atoms with Gasteiger partial charge < -0.3 is 18.9 Å². The molecule has 0 aromatic carbocycles. The normalized spacial score (nSPS) is 16.0. The summed E-state index contributed by atoms with van der Waals surface area (Å²) in [5.74, 6) is 0.870. The van der Waals surface area contributed by atoms with Gasteiger partial charge in [0, 0.05) is 27.8 Å². The maximum absolute atomic E-state index is 6.16. The Morgan fingerprint density at radius 3 is 2.68 bits per heavy atom. The molecule has 1 aliphatic rings. The first-order valence-corrected chi connectivity index (χ1v) is 13.6. The van der Waals surface area contributed by atoms with Crippen LogP contribution in [0.4, 0.5) is 5.82 Å². The molecule has 0 unspecified atom stereocenters. The predicted octanol–water partition coefficient (Wildman–Crippen LogP) is 3.84. The van der Waals surface area contributed by atoms with Crippen LogP contribution >= 0.6 is 34.2 Å². The second kappa shape index (κ2) is 8.08. The van der Waals surface area contributed by atoms with Crippen LogP contribution in [-0.2, 0) is 16.2 Å². The molecule has 0 aliphatic carbocycles. The molecule has 9 heteroatoms. The Kier molecular flexibility index (Phi) is 6.25. The number of ether oxygens (including phenoxy) is 2. The number of hydrogen-bond donors (Lipinski definition) is 0. The van der Waals surface area contributed by atoms with E-state index in [-0.39, 0.29) is 5.28 Å². The average molecular weight is 495 g/mol. The smallest absolute Gasteiger partial charge is 0.225 e. The van der Waals surface area contributed by atoms with Crippen molar-refractivity contribution in [2.24, 2.45) is 0 Å². The summed E-state index contributed by atoms with van der Waals surface area (Å²) in [4.78, 5) is 11.1. The first-order chi connectivity index (χ1) is 11.8. The number of fused-ring (bicyclic) bond motifs is 1. The van der Waals surface area contributed by atoms with Crippen molar-refractivity contribution < 1.29 is 9.47 Å². The lowest BCUT2D eigenvalue weighted by Gasteiger charge is -2.28. The van der Waals surface area contributed by atoms with E-state index in [1.165, 1.54) is 0 Å². The van der Waals surface area contributed by atoms with Crippen LogP contribution in [0.3, 0.4) is 0 Å². The fourth-order valence-electron chi connectivity index (χ4n) is 2.75. The Labute approximate surface area is 168 Å². The molecule has 3 heterocycles. The second-order valence-electron chi connectivity index (χ2n) is 7.39. The molecule has 138 valence electrons. The molecular weight excluding hydrogens is 471 g/mol. The summed E-state index contributed by atoms with van der Waals surface area (Å²) >= 11 is 8.48. The summed E-state index contributed by atoms with van der Waals surface area (Å²) in [6.07, 6.45) is 0. The van der Waals surface area contributed by atoms with Crippen LogP contribution in [-0.4, -0.2) is 55.5 Å². The average Bonchev–Trinajstić information content (AvgIpc) is 2.86. The number of morpholine rings is 1. The molecule has 3 rings (SSSR count). The molecule has 1 aliphatic heterocycles. The van der Waals surface area contributed by atoms with Crippen LogP contribution in [0.25, 0.3) is 11.0 Å². The lowest BCUT2D eigenvalue weighted by molar-refractivity contribution is 0.0886. The Morgan fingerprint density at radius 2 is 2.00 bits per heavy atom. The van der Waals surface area contributed by atoms with E-state index < -0.39 is 8.07 Å². The Hall–Kier alpha value is -0.423. The van der Waals surface area contributed by atoms with Crippen LogP contribution in [0, 0.1) is 3.70 Å². The third-order valence-corrected chi connectivity index (χ3v) is 6.94. The van der Waals surface area contributed by atoms with E-state index in [9.17, 15) is 0 Å². The minimum atomic E-state index is -1.09. The fraction of sp³-hybridized carbons (Fsp3) is 0.625. The summed E-state index contributed by atoms with van der Waals surface area (Å²) in [6.45, 7) is 11.4. The van der Waals surface area contributed by atoms with Gasteiger partial charge >= 0.3 is 0 Å². The van der Waals surface area contributed by atoms with E-state index in [1.807, 2.05) is 6.07 Å². The second-order valence-corrected chi connectivity index (χ2v) is 14.5. The molecule has 25 heavy (non-hydrogen) atoms. The molecule has 0 saturated carbocycles. The van der Waals surface area contributed by atoms with E-state index in [0.717, 1.165) is 46.3 Å². The molecule has 1 saturated heterocycles. The van der Waals surface area contributed by atoms with Gasteiger partial charge in [-0.3, -0.25) is 0 Å². The SMILES string of the molecule is C[Si](C)(C)CCOCn1c(I)cc2nc(Cl)nc(N3CCOCC3)c21. The van der Waals surface area contributed by atoms with Gasteiger partial charge in [0.15, 0.2) is 5.82 Å². The number of halogens is 2. The van der Waals surface area contributed by atoms with Crippen LogP contribution < -0.4 is 4.90 Å². The van der Waals surface area contributed by atoms with Gasteiger partial charge in [-0.25, -0.2) is 4.98 Å². The monoisotopic (exact) mass is 494 g/mol. The first kappa shape index (κ1) is 19.3. The Balaban J connectivity index is 1.88. The molecule has 0 radical (unpaired) electrons. The van der Waals surface area contributed by atoms with E-state index in [0.29, 0.717) is 19.9 Å². The Morgan fingerprint density at radius 1 is 1.28 bits per heavy atom. The standard InChI is InChI=1S/C16H24ClIN4O2Si/c1-25(2,3)9-8-24-11-22-13(18)10-12-14(22)15(20-16(17)19-12)21-4-6-23-7-5-21/h10H,4-9,11H2,1-3H3. The predicted molar refractivity (Wildman–Crippen MR) is 112 cm³/mol. The van der Waals surface area contributed by atoms with Crippen molar-refractivity contribution in [1.82, 2.24) is 14.5 Å². The van der Waals surface area contributed by atoms with Gasteiger partial charge in [0.05, 0.1) is 22.4 Å². The third kappa shape index (κ3) is 4.85. The van der Waals surface area contributed by atoms with Crippen molar-refractivity contribution in [2.45, 2.75) is 32.4 Å². The number of rotatable bonds is 6. The maximum Gasteiger partial charge on any atom is 0.225 e. The molecule has 0 bridgehead atoms. The molecule has 0 amide bonds. The minimum absolute atomic E-state index is 0.280. The zero-order valence-electron chi connectivity index (χ0n) is 14.9. The highest BCUT2D eigenvalue weighted by molar-refractivity contribution is 14.1. The van der Waals surface area contributed by atoms with Crippen LogP contribution in [0.15, 0.2) is 6.07 Å². The third-order valence-electron chi connectivity index (χ3n) is 4.18. The highest BCUT2D eigenvalue weighted by Crippen LogP contribution is 2.30. The van der Waals surface area contributed by atoms with E-state index >= 15 is 0 Å². The van der Waals surface area contributed by atoms with Gasteiger partial charge in [0.25, 0.3) is 0 Å². The van der Waals surface area contributed by atoms with Crippen molar-refractivity contribution in [2.75, 3.05) is 37.8 Å². The summed E-state index contributed by atoms with van der Waals surface area (Å²) in [5, 5.41) is 0.280. The highest BCUT2D eigenvalue weighted by atomic mass is 127. The number of hydrogen-bond acceptors (Lipinski definition) is 5. The lowest BCUT2D eigenvalue weighted by atomic mass is 10.3. The Bertz CT molecular complexity index is 744. The van der Waals surface area contributed by atoms with Gasteiger partial charge in [-0.05, 0) is 46.3 Å². The number of nitrogens with zero attached hydrogens (tertiary/aromatic N) is 4. The van der Waals surface area contributed by atoms with Crippen LogP contribution in [0.2, 0.25) is 31.0 Å². The van der Waals surface area contributed by atoms with E-state index in [4.69, 9.17) is 21.1 Å². The number of anilines is 1. The summed E-state index contributed by atoms with van der Waals surface area (Å²) in [5.41, 5.74) is 1.85. The first-order valence-electron chi connectivity index (χ1n) is 8.48. The largest absolute Gasteiger partial charge is 0.378 e. The highest BCUT2D eigenvalue weighted by Gasteiger charge is 2.21. The molecule has 2 aromatic rings. The van der Waals surface area contributed by atoms with Crippen LogP contribution in [0.1, 0.15) is 0 Å². The maximum atomic E-state index is 6.16. The van der Waals surface area contributed by atoms with Crippen molar-refractivity contribution in [3.05, 3.63) is 15.1 Å². The van der Waals surface area contributed by atoms with Crippen molar-refractivity contribution in [1.29, 1.82) is 0 Å². The molecule has 0 N–H and O–H groups in total. The molecule has 2 aromatic heterocycles. The zero-order chi connectivity index (χ0) is 18.0. The van der Waals surface area contributed by atoms with Gasteiger partial charge in [-0.1, -0.05) is 19.6 Å². The number of aromatic nitrogens is 3. The van der Waals surface area contributed by atoms with Crippen molar-refractivity contribution >= 4 is 59.1 Å². The van der Waals surface area contributed by atoms with Gasteiger partial charge in [0.2, 0.25) is 5.28 Å². The van der Waals surface area contributed by atoms with Gasteiger partial charge in [0.1, 0.15) is 12.2 Å². The molecule has 0 atom stereocenters. The molecular formula is C16H24ClIN4O2Si.